The molecule has 2 aliphatic heterocycles. The van der Waals surface area contributed by atoms with Crippen LogP contribution in [0, 0.1) is 11.6 Å². The Hall–Kier alpha value is -1.53. The smallest absolute Gasteiger partial charge is 0.251 e. The lowest BCUT2D eigenvalue weighted by molar-refractivity contribution is -0.189. The van der Waals surface area contributed by atoms with Crippen molar-refractivity contribution in [1.82, 2.24) is 9.80 Å². The first kappa shape index (κ1) is 18.3. The first-order valence-electron chi connectivity index (χ1n) is 9.06. The van der Waals surface area contributed by atoms with Gasteiger partial charge in [0.1, 0.15) is 6.10 Å². The second-order valence-electron chi connectivity index (χ2n) is 7.10. The highest BCUT2D eigenvalue weighted by Crippen LogP contribution is 2.32. The quantitative estimate of drug-likeness (QED) is 0.835. The summed E-state index contributed by atoms with van der Waals surface area (Å²) in [6.45, 7) is 7.56. The average Bonchev–Trinajstić information content (AvgIpc) is 2.61. The second-order valence-corrected chi connectivity index (χ2v) is 7.10. The minimum Gasteiger partial charge on any atom is -0.360 e. The molecule has 1 amide bonds. The predicted molar refractivity (Wildman–Crippen MR) is 91.3 cm³/mol. The molecule has 0 aromatic heterocycles. The number of rotatable bonds is 4. The predicted octanol–water partition coefficient (Wildman–Crippen LogP) is 2.61. The summed E-state index contributed by atoms with van der Waals surface area (Å²) < 4.78 is 33.1. The molecule has 138 valence electrons. The van der Waals surface area contributed by atoms with E-state index in [2.05, 4.69) is 4.90 Å². The Morgan fingerprint density at radius 3 is 2.68 bits per heavy atom. The number of benzene rings is 1. The molecule has 0 saturated carbocycles. The maximum atomic E-state index is 13.8. The minimum atomic E-state index is -0.788. The van der Waals surface area contributed by atoms with Crippen LogP contribution in [0.2, 0.25) is 0 Å². The molecule has 4 nitrogen and oxygen atoms in total. The van der Waals surface area contributed by atoms with Crippen molar-refractivity contribution in [1.29, 1.82) is 0 Å². The fraction of sp³-hybridized carbons (Fsp3) is 0.632. The first-order chi connectivity index (χ1) is 11.9. The van der Waals surface area contributed by atoms with E-state index in [0.29, 0.717) is 31.6 Å². The van der Waals surface area contributed by atoms with Gasteiger partial charge in [-0.25, -0.2) is 8.78 Å². The van der Waals surface area contributed by atoms with Gasteiger partial charge in [-0.2, -0.15) is 0 Å². The fourth-order valence-electron chi connectivity index (χ4n) is 3.89. The summed E-state index contributed by atoms with van der Waals surface area (Å²) >= 11 is 0. The van der Waals surface area contributed by atoms with Crippen molar-refractivity contribution < 1.29 is 18.3 Å². The van der Waals surface area contributed by atoms with Crippen LogP contribution in [0.5, 0.6) is 0 Å². The van der Waals surface area contributed by atoms with Crippen molar-refractivity contribution in [2.75, 3.05) is 32.7 Å². The van der Waals surface area contributed by atoms with Gasteiger partial charge < -0.3 is 14.5 Å². The van der Waals surface area contributed by atoms with E-state index >= 15 is 0 Å². The summed E-state index contributed by atoms with van der Waals surface area (Å²) in [7, 11) is 0. The molecular weight excluding hydrogens is 326 g/mol. The summed E-state index contributed by atoms with van der Waals surface area (Å²) in [5, 5.41) is 0. The van der Waals surface area contributed by atoms with Crippen LogP contribution in [0.4, 0.5) is 8.78 Å². The van der Waals surface area contributed by atoms with Crippen molar-refractivity contribution in [2.45, 2.75) is 44.8 Å². The largest absolute Gasteiger partial charge is 0.360 e. The number of piperidine rings is 1. The van der Waals surface area contributed by atoms with Crippen LogP contribution in [0.25, 0.3) is 0 Å². The Labute approximate surface area is 147 Å². The zero-order chi connectivity index (χ0) is 18.0. The lowest BCUT2D eigenvalue weighted by Gasteiger charge is -2.49. The third-order valence-corrected chi connectivity index (χ3v) is 5.44. The van der Waals surface area contributed by atoms with Crippen LogP contribution in [0.15, 0.2) is 18.2 Å². The van der Waals surface area contributed by atoms with E-state index in [0.717, 1.165) is 32.0 Å². The zero-order valence-electron chi connectivity index (χ0n) is 14.9. The zero-order valence-corrected chi connectivity index (χ0v) is 14.9. The van der Waals surface area contributed by atoms with Gasteiger partial charge in [-0.15, -0.1) is 0 Å². The van der Waals surface area contributed by atoms with Gasteiger partial charge >= 0.3 is 0 Å². The third kappa shape index (κ3) is 3.85. The minimum absolute atomic E-state index is 0.0668. The van der Waals surface area contributed by atoms with Crippen molar-refractivity contribution in [2.24, 2.45) is 0 Å². The summed E-state index contributed by atoms with van der Waals surface area (Å²) in [6.07, 6.45) is 1.81. The van der Waals surface area contributed by atoms with E-state index in [1.807, 2.05) is 18.7 Å². The SMILES string of the molecule is CCN1CC2(CCN(CCc3cccc(F)c3F)CC2)OC(C)C1=O. The number of hydrogen-bond donors (Lipinski definition) is 0. The Bertz CT molecular complexity index is 630. The number of amides is 1. The molecule has 2 heterocycles. The van der Waals surface area contributed by atoms with Crippen LogP contribution in [0.3, 0.4) is 0 Å². The van der Waals surface area contributed by atoms with Crippen LogP contribution >= 0.6 is 0 Å². The Morgan fingerprint density at radius 1 is 1.28 bits per heavy atom. The van der Waals surface area contributed by atoms with Gasteiger partial charge in [0, 0.05) is 32.7 Å². The molecule has 2 fully saturated rings. The molecule has 1 atom stereocenters. The molecule has 6 heteroatoms. The molecule has 1 spiro atoms. The summed E-state index contributed by atoms with van der Waals surface area (Å²) in [6, 6.07) is 4.33. The lowest BCUT2D eigenvalue weighted by Crippen LogP contribution is -2.61. The van der Waals surface area contributed by atoms with Gasteiger partial charge in [0.25, 0.3) is 5.91 Å². The van der Waals surface area contributed by atoms with E-state index < -0.39 is 11.6 Å². The number of morpholine rings is 1. The highest BCUT2D eigenvalue weighted by molar-refractivity contribution is 5.81. The highest BCUT2D eigenvalue weighted by atomic mass is 19.2. The van der Waals surface area contributed by atoms with E-state index in [4.69, 9.17) is 4.74 Å². The normalized spacial score (nSPS) is 24.1. The summed E-state index contributed by atoms with van der Waals surface area (Å²) in [4.78, 5) is 16.2. The van der Waals surface area contributed by atoms with Gasteiger partial charge in [-0.05, 0) is 44.7 Å². The molecule has 2 saturated heterocycles. The van der Waals surface area contributed by atoms with Gasteiger partial charge in [-0.1, -0.05) is 12.1 Å². The maximum absolute atomic E-state index is 13.8. The molecule has 0 radical (unpaired) electrons. The van der Waals surface area contributed by atoms with Crippen LogP contribution in [0.1, 0.15) is 32.3 Å². The van der Waals surface area contributed by atoms with Gasteiger partial charge in [0.2, 0.25) is 0 Å². The topological polar surface area (TPSA) is 32.8 Å². The molecule has 25 heavy (non-hydrogen) atoms. The fourth-order valence-corrected chi connectivity index (χ4v) is 3.89. The number of ether oxygens (including phenoxy) is 1. The third-order valence-electron chi connectivity index (χ3n) is 5.44. The molecule has 3 rings (SSSR count). The Morgan fingerprint density at radius 2 is 2.00 bits per heavy atom. The monoisotopic (exact) mass is 352 g/mol. The number of nitrogens with zero attached hydrogens (tertiary/aromatic N) is 2. The van der Waals surface area contributed by atoms with Crippen LogP contribution in [-0.4, -0.2) is 60.1 Å². The lowest BCUT2D eigenvalue weighted by atomic mass is 9.88. The molecular formula is C19H26F2N2O2. The van der Waals surface area contributed by atoms with Crippen molar-refractivity contribution in [3.8, 4) is 0 Å². The van der Waals surface area contributed by atoms with Crippen LogP contribution in [-0.2, 0) is 16.0 Å². The van der Waals surface area contributed by atoms with Gasteiger partial charge in [-0.3, -0.25) is 4.79 Å². The van der Waals surface area contributed by atoms with E-state index in [-0.39, 0.29) is 17.6 Å². The number of carbonyl (C=O) groups is 1. The standard InChI is InChI=1S/C19H26F2N2O2/c1-3-23-13-19(25-14(2)18(23)24)8-11-22(12-9-19)10-7-15-5-4-6-16(20)17(15)21/h4-6,14H,3,7-13H2,1-2H3. The van der Waals surface area contributed by atoms with Crippen molar-refractivity contribution in [3.05, 3.63) is 35.4 Å². The first-order valence-corrected chi connectivity index (χ1v) is 9.06. The van der Waals surface area contributed by atoms with Crippen molar-refractivity contribution >= 4 is 5.91 Å². The molecule has 0 bridgehead atoms. The molecule has 0 N–H and O–H groups in total. The summed E-state index contributed by atoms with van der Waals surface area (Å²) in [5.74, 6) is -1.46. The number of carbonyl (C=O) groups excluding carboxylic acids is 1. The Kier molecular flexibility index (Phi) is 5.39. The van der Waals surface area contributed by atoms with E-state index in [1.165, 1.54) is 0 Å². The average molecular weight is 352 g/mol. The molecule has 1 unspecified atom stereocenters. The van der Waals surface area contributed by atoms with Gasteiger partial charge in [0.15, 0.2) is 11.6 Å². The highest BCUT2D eigenvalue weighted by Gasteiger charge is 2.44. The van der Waals surface area contributed by atoms with Gasteiger partial charge in [0.05, 0.1) is 5.60 Å². The molecule has 1 aromatic carbocycles. The second kappa shape index (κ2) is 7.38. The molecule has 0 aliphatic carbocycles. The van der Waals surface area contributed by atoms with Crippen molar-refractivity contribution in [3.63, 3.8) is 0 Å². The number of hydrogen-bond acceptors (Lipinski definition) is 3. The Balaban J connectivity index is 1.55. The number of likely N-dealkylation sites (tertiary alicyclic amines) is 1. The number of halogens is 2. The summed E-state index contributed by atoms with van der Waals surface area (Å²) in [5.41, 5.74) is 0.162. The molecule has 1 aromatic rings. The molecule has 2 aliphatic rings. The number of likely N-dealkylation sites (N-methyl/N-ethyl adjacent to an activating group) is 1. The van der Waals surface area contributed by atoms with Crippen LogP contribution < -0.4 is 0 Å². The van der Waals surface area contributed by atoms with E-state index in [1.54, 1.807) is 12.1 Å². The van der Waals surface area contributed by atoms with E-state index in [9.17, 15) is 13.6 Å². The maximum Gasteiger partial charge on any atom is 0.251 e.